The number of aromatic nitrogens is 2. The fourth-order valence-electron chi connectivity index (χ4n) is 3.19. The van der Waals surface area contributed by atoms with Crippen LogP contribution < -0.4 is 11.1 Å². The van der Waals surface area contributed by atoms with Gasteiger partial charge in [0.1, 0.15) is 27.8 Å². The van der Waals surface area contributed by atoms with E-state index >= 15 is 0 Å². The van der Waals surface area contributed by atoms with Gasteiger partial charge in [-0.15, -0.1) is 34.9 Å². The summed E-state index contributed by atoms with van der Waals surface area (Å²) >= 11 is 5.21. The van der Waals surface area contributed by atoms with E-state index in [1.54, 1.807) is 0 Å². The number of rotatable bonds is 7. The van der Waals surface area contributed by atoms with Crippen LogP contribution in [-0.4, -0.2) is 71.0 Å². The van der Waals surface area contributed by atoms with E-state index in [1.165, 1.54) is 45.3 Å². The minimum absolute atomic E-state index is 0.0629. The monoisotopic (exact) mass is 512 g/mol. The van der Waals surface area contributed by atoms with Gasteiger partial charge >= 0.3 is 5.97 Å². The molecule has 0 spiro atoms. The molecule has 32 heavy (non-hydrogen) atoms. The van der Waals surface area contributed by atoms with Crippen molar-refractivity contribution in [1.29, 1.82) is 0 Å². The number of amides is 2. The van der Waals surface area contributed by atoms with Crippen molar-refractivity contribution in [3.8, 4) is 0 Å². The van der Waals surface area contributed by atoms with Gasteiger partial charge in [-0.2, -0.15) is 4.37 Å². The first-order valence-electron chi connectivity index (χ1n) is 9.00. The molecule has 2 aliphatic rings. The van der Waals surface area contributed by atoms with E-state index in [1.807, 2.05) is 13.0 Å². The van der Waals surface area contributed by atoms with E-state index < -0.39 is 29.2 Å². The summed E-state index contributed by atoms with van der Waals surface area (Å²) in [5.41, 5.74) is 5.80. The lowest BCUT2D eigenvalue weighted by molar-refractivity contribution is -0.150. The maximum atomic E-state index is 12.8. The number of thioether (sulfide) groups is 2. The zero-order valence-electron chi connectivity index (χ0n) is 16.3. The molecule has 1 fully saturated rings. The summed E-state index contributed by atoms with van der Waals surface area (Å²) in [5, 5.41) is 26.3. The summed E-state index contributed by atoms with van der Waals surface area (Å²) in [6.07, 6.45) is 0. The van der Waals surface area contributed by atoms with Gasteiger partial charge in [0.2, 0.25) is 0 Å². The lowest BCUT2D eigenvalue weighted by Gasteiger charge is -2.49. The summed E-state index contributed by atoms with van der Waals surface area (Å²) < 4.78 is 4.28. The summed E-state index contributed by atoms with van der Waals surface area (Å²) in [6, 6.07) is 0.969. The average molecular weight is 513 g/mol. The molecular weight excluding hydrogens is 496 g/mol. The van der Waals surface area contributed by atoms with Crippen LogP contribution in [0.5, 0.6) is 0 Å². The number of nitrogens with one attached hydrogen (secondary N) is 1. The number of hydrogen-bond donors (Lipinski definition) is 4. The van der Waals surface area contributed by atoms with Gasteiger partial charge in [-0.05, 0) is 30.1 Å². The van der Waals surface area contributed by atoms with Crippen LogP contribution in [0.15, 0.2) is 32.9 Å². The predicted octanol–water partition coefficient (Wildman–Crippen LogP) is 1.20. The molecule has 2 aliphatic heterocycles. The van der Waals surface area contributed by atoms with Gasteiger partial charge in [0.25, 0.3) is 11.8 Å². The Kier molecular flexibility index (Phi) is 6.41. The fraction of sp³-hybridized carbons (Fsp3) is 0.294. The first kappa shape index (κ1) is 22.6. The number of hydrogen-bond acceptors (Lipinski definition) is 12. The number of thiazole rings is 1. The van der Waals surface area contributed by atoms with Gasteiger partial charge in [0, 0.05) is 21.8 Å². The quantitative estimate of drug-likeness (QED) is 0.139. The Morgan fingerprint density at radius 3 is 2.84 bits per heavy atom. The highest BCUT2D eigenvalue weighted by Crippen LogP contribution is 2.41. The average Bonchev–Trinajstić information content (AvgIpc) is 3.38. The highest BCUT2D eigenvalue weighted by atomic mass is 32.2. The predicted molar refractivity (Wildman–Crippen MR) is 122 cm³/mol. The number of oxime groups is 1. The summed E-state index contributed by atoms with van der Waals surface area (Å²) in [7, 11) is 0. The van der Waals surface area contributed by atoms with Crippen molar-refractivity contribution in [2.75, 3.05) is 17.2 Å². The van der Waals surface area contributed by atoms with Crippen molar-refractivity contribution in [3.05, 3.63) is 33.3 Å². The van der Waals surface area contributed by atoms with Crippen LogP contribution in [0.1, 0.15) is 10.6 Å². The van der Waals surface area contributed by atoms with Gasteiger partial charge in [0.15, 0.2) is 10.8 Å². The SMILES string of the molecule is Cc1cc(SCC2=C(C(=O)O)N3C(=O)[C@@H](NC(=O)/C(=N\O)c4csc(N)n4)[C@@H]3SC2)ns1. The number of nitrogens with zero attached hydrogens (tertiary/aromatic N) is 4. The van der Waals surface area contributed by atoms with E-state index in [0.29, 0.717) is 17.1 Å². The number of β-lactam (4-membered cyclic amide) rings is 1. The number of carboxylic acids is 1. The molecule has 2 atom stereocenters. The number of carbonyl (C=O) groups is 3. The maximum absolute atomic E-state index is 12.8. The second-order valence-corrected chi connectivity index (χ2v) is 10.7. The molecule has 4 heterocycles. The highest BCUT2D eigenvalue weighted by Gasteiger charge is 2.54. The molecule has 0 bridgehead atoms. The lowest BCUT2D eigenvalue weighted by atomic mass is 10.0. The first-order valence-corrected chi connectivity index (χ1v) is 12.7. The third kappa shape index (κ3) is 4.20. The van der Waals surface area contributed by atoms with Crippen LogP contribution in [0.4, 0.5) is 5.13 Å². The minimum Gasteiger partial charge on any atom is -0.477 e. The van der Waals surface area contributed by atoms with E-state index in [9.17, 15) is 24.7 Å². The van der Waals surface area contributed by atoms with Crippen molar-refractivity contribution >= 4 is 75.0 Å². The first-order chi connectivity index (χ1) is 15.3. The van der Waals surface area contributed by atoms with Gasteiger partial charge in [-0.1, -0.05) is 5.16 Å². The second-order valence-electron chi connectivity index (χ2n) is 6.70. The molecule has 2 aromatic rings. The van der Waals surface area contributed by atoms with Crippen LogP contribution in [0.2, 0.25) is 0 Å². The molecule has 0 saturated carbocycles. The lowest BCUT2D eigenvalue weighted by Crippen LogP contribution is -2.71. The number of anilines is 1. The number of aryl methyl sites for hydroxylation is 1. The molecule has 15 heteroatoms. The molecule has 0 aromatic carbocycles. The van der Waals surface area contributed by atoms with Crippen molar-refractivity contribution in [2.45, 2.75) is 23.4 Å². The number of carboxylic acid groups (broad SMARTS) is 1. The summed E-state index contributed by atoms with van der Waals surface area (Å²) in [4.78, 5) is 43.4. The van der Waals surface area contributed by atoms with Gasteiger partial charge < -0.3 is 21.4 Å². The van der Waals surface area contributed by atoms with Crippen LogP contribution in [-0.2, 0) is 14.4 Å². The van der Waals surface area contributed by atoms with Gasteiger partial charge in [-0.3, -0.25) is 14.5 Å². The maximum Gasteiger partial charge on any atom is 0.352 e. The number of nitrogen functional groups attached to an aromatic ring is 1. The fourth-order valence-corrected chi connectivity index (χ4v) is 6.88. The largest absolute Gasteiger partial charge is 0.477 e. The molecular formula is C17H16N6O5S4. The minimum atomic E-state index is -1.20. The van der Waals surface area contributed by atoms with Crippen molar-refractivity contribution in [3.63, 3.8) is 0 Å². The topological polar surface area (TPSA) is 171 Å². The zero-order valence-corrected chi connectivity index (χ0v) is 19.6. The third-order valence-corrected chi connectivity index (χ3v) is 8.44. The molecule has 0 unspecified atom stereocenters. The summed E-state index contributed by atoms with van der Waals surface area (Å²) in [5.74, 6) is -1.78. The molecule has 5 N–H and O–H groups in total. The highest BCUT2D eigenvalue weighted by molar-refractivity contribution is 8.01. The van der Waals surface area contributed by atoms with E-state index in [2.05, 4.69) is 19.8 Å². The molecule has 0 radical (unpaired) electrons. The van der Waals surface area contributed by atoms with Gasteiger partial charge in [-0.25, -0.2) is 9.78 Å². The molecule has 0 aliphatic carbocycles. The normalized spacial score (nSPS) is 20.7. The van der Waals surface area contributed by atoms with Crippen LogP contribution >= 0.6 is 46.4 Å². The van der Waals surface area contributed by atoms with Crippen molar-refractivity contribution in [2.24, 2.45) is 5.16 Å². The van der Waals surface area contributed by atoms with Gasteiger partial charge in [0.05, 0.1) is 0 Å². The number of aliphatic carboxylic acids is 1. The third-order valence-electron chi connectivity index (χ3n) is 4.62. The Morgan fingerprint density at radius 1 is 1.47 bits per heavy atom. The molecule has 2 aromatic heterocycles. The molecule has 168 valence electrons. The van der Waals surface area contributed by atoms with Crippen molar-refractivity contribution < 1.29 is 24.7 Å². The molecule has 2 amide bonds. The molecule has 11 nitrogen and oxygen atoms in total. The van der Waals surface area contributed by atoms with Crippen LogP contribution in [0, 0.1) is 6.92 Å². The Balaban J connectivity index is 1.48. The van der Waals surface area contributed by atoms with E-state index in [4.69, 9.17) is 5.73 Å². The number of fused-ring (bicyclic) bond motifs is 1. The Hall–Kier alpha value is -2.62. The second kappa shape index (κ2) is 9.09. The number of carbonyl (C=O) groups excluding carboxylic acids is 2. The van der Waals surface area contributed by atoms with Crippen molar-refractivity contribution in [1.82, 2.24) is 19.6 Å². The Morgan fingerprint density at radius 2 is 2.25 bits per heavy atom. The zero-order chi connectivity index (χ0) is 23.0. The molecule has 1 saturated heterocycles. The van der Waals surface area contributed by atoms with Crippen LogP contribution in [0.25, 0.3) is 0 Å². The number of nitrogens with two attached hydrogens (primary N) is 1. The van der Waals surface area contributed by atoms with Crippen LogP contribution in [0.3, 0.4) is 0 Å². The summed E-state index contributed by atoms with van der Waals surface area (Å²) in [6.45, 7) is 1.94. The smallest absolute Gasteiger partial charge is 0.352 e. The standard InChI is InChI=1S/C17H16N6O5S4/c1-6-2-9(22-32-6)29-3-7-4-30-15-11(14(25)23(15)12(7)16(26)27)20-13(24)10(21-28)8-5-31-17(18)19-8/h2,5,11,15,28H,3-4H2,1H3,(H2,18,19)(H,20,24)(H,26,27)/b21-10-/t11-,15+/m1/s1. The Bertz CT molecular complexity index is 1160. The molecule has 4 rings (SSSR count). The Labute approximate surface area is 197 Å². The van der Waals surface area contributed by atoms with E-state index in [0.717, 1.165) is 21.2 Å². The van der Waals surface area contributed by atoms with E-state index in [-0.39, 0.29) is 22.2 Å².